The highest BCUT2D eigenvalue weighted by molar-refractivity contribution is 5.50. The maximum atomic E-state index is 13.0. The van der Waals surface area contributed by atoms with Gasteiger partial charge in [-0.3, -0.25) is 0 Å². The molecule has 2 aromatic carbocycles. The second-order valence-corrected chi connectivity index (χ2v) is 4.97. The first-order chi connectivity index (χ1) is 9.09. The van der Waals surface area contributed by atoms with E-state index in [1.165, 1.54) is 12.1 Å². The number of hydrogen-bond acceptors (Lipinski definition) is 2. The van der Waals surface area contributed by atoms with Gasteiger partial charge in [-0.1, -0.05) is 30.3 Å². The Bertz CT molecular complexity index is 603. The molecule has 19 heavy (non-hydrogen) atoms. The van der Waals surface area contributed by atoms with Gasteiger partial charge in [-0.05, 0) is 30.2 Å². The maximum absolute atomic E-state index is 13.0. The molecule has 0 aromatic heterocycles. The lowest BCUT2D eigenvalue weighted by atomic mass is 9.86. The smallest absolute Gasteiger partial charge is 0.129 e. The largest absolute Gasteiger partial charge is 0.493 e. The molecule has 3 rings (SSSR count). The highest BCUT2D eigenvalue weighted by Gasteiger charge is 2.31. The van der Waals surface area contributed by atoms with Crippen molar-refractivity contribution in [2.45, 2.75) is 18.9 Å². The van der Waals surface area contributed by atoms with Crippen LogP contribution in [0.25, 0.3) is 0 Å². The van der Waals surface area contributed by atoms with Crippen LogP contribution in [0.1, 0.15) is 23.6 Å². The fourth-order valence-electron chi connectivity index (χ4n) is 2.53. The summed E-state index contributed by atoms with van der Waals surface area (Å²) in [5, 5.41) is 10.8. The van der Waals surface area contributed by atoms with E-state index < -0.39 is 5.60 Å². The molecule has 1 unspecified atom stereocenters. The number of fused-ring (bicyclic) bond motifs is 1. The Morgan fingerprint density at radius 3 is 2.63 bits per heavy atom. The maximum Gasteiger partial charge on any atom is 0.129 e. The van der Waals surface area contributed by atoms with Crippen molar-refractivity contribution < 1.29 is 14.2 Å². The zero-order valence-corrected chi connectivity index (χ0v) is 10.7. The van der Waals surface area contributed by atoms with Crippen LogP contribution in [-0.4, -0.2) is 11.7 Å². The summed E-state index contributed by atoms with van der Waals surface area (Å²) < 4.78 is 18.6. The summed E-state index contributed by atoms with van der Waals surface area (Å²) in [5.74, 6) is 0.450. The lowest BCUT2D eigenvalue weighted by Gasteiger charge is -2.26. The number of ether oxygens (including phenoxy) is 1. The van der Waals surface area contributed by atoms with E-state index >= 15 is 0 Å². The Labute approximate surface area is 111 Å². The quantitative estimate of drug-likeness (QED) is 0.897. The van der Waals surface area contributed by atoms with Crippen molar-refractivity contribution in [1.29, 1.82) is 0 Å². The zero-order valence-electron chi connectivity index (χ0n) is 10.7. The highest BCUT2D eigenvalue weighted by Crippen LogP contribution is 2.39. The molecule has 0 saturated heterocycles. The zero-order chi connectivity index (χ0) is 13.5. The fourth-order valence-corrected chi connectivity index (χ4v) is 2.53. The van der Waals surface area contributed by atoms with Crippen LogP contribution in [-0.2, 0) is 12.0 Å². The van der Waals surface area contributed by atoms with Crippen molar-refractivity contribution >= 4 is 0 Å². The third-order valence-electron chi connectivity index (χ3n) is 3.65. The van der Waals surface area contributed by atoms with Crippen molar-refractivity contribution in [1.82, 2.24) is 0 Å². The number of halogens is 1. The standard InChI is InChI=1S/C16H15FO2/c1-16(18,12-5-7-13(17)8-6-12)14-4-2-3-11-9-10-19-15(11)14/h2-8,18H,9-10H2,1H3. The van der Waals surface area contributed by atoms with Crippen LogP contribution in [0.15, 0.2) is 42.5 Å². The van der Waals surface area contributed by atoms with Crippen molar-refractivity contribution in [2.24, 2.45) is 0 Å². The Hall–Kier alpha value is -1.87. The summed E-state index contributed by atoms with van der Waals surface area (Å²) in [6.07, 6.45) is 0.864. The summed E-state index contributed by atoms with van der Waals surface area (Å²) in [4.78, 5) is 0. The first-order valence-electron chi connectivity index (χ1n) is 6.32. The van der Waals surface area contributed by atoms with Crippen LogP contribution in [0.3, 0.4) is 0 Å². The normalized spacial score (nSPS) is 16.6. The molecule has 1 N–H and O–H groups in total. The van der Waals surface area contributed by atoms with E-state index in [0.717, 1.165) is 23.3 Å². The van der Waals surface area contributed by atoms with Crippen molar-refractivity contribution in [2.75, 3.05) is 6.61 Å². The molecule has 1 aliphatic rings. The first-order valence-corrected chi connectivity index (χ1v) is 6.32. The minimum absolute atomic E-state index is 0.311. The van der Waals surface area contributed by atoms with E-state index in [-0.39, 0.29) is 5.82 Å². The van der Waals surface area contributed by atoms with Gasteiger partial charge in [-0.25, -0.2) is 4.39 Å². The molecule has 0 saturated carbocycles. The Kier molecular flexibility index (Phi) is 2.79. The molecule has 0 aliphatic carbocycles. The van der Waals surface area contributed by atoms with Crippen LogP contribution in [0.2, 0.25) is 0 Å². The number of aliphatic hydroxyl groups is 1. The fraction of sp³-hybridized carbons (Fsp3) is 0.250. The summed E-state index contributed by atoms with van der Waals surface area (Å²) in [5.41, 5.74) is 1.30. The van der Waals surface area contributed by atoms with Gasteiger partial charge in [0.05, 0.1) is 6.61 Å². The predicted molar refractivity (Wildman–Crippen MR) is 70.7 cm³/mol. The van der Waals surface area contributed by atoms with Gasteiger partial charge in [0.25, 0.3) is 0 Å². The summed E-state index contributed by atoms with van der Waals surface area (Å²) in [7, 11) is 0. The minimum atomic E-state index is -1.19. The van der Waals surface area contributed by atoms with E-state index in [1.54, 1.807) is 19.1 Å². The molecule has 0 amide bonds. The van der Waals surface area contributed by atoms with E-state index in [1.807, 2.05) is 18.2 Å². The van der Waals surface area contributed by atoms with Crippen LogP contribution >= 0.6 is 0 Å². The highest BCUT2D eigenvalue weighted by atomic mass is 19.1. The molecule has 0 fully saturated rings. The Morgan fingerprint density at radius 2 is 1.89 bits per heavy atom. The summed E-state index contributed by atoms with van der Waals surface area (Å²) in [6.45, 7) is 2.35. The van der Waals surface area contributed by atoms with Crippen LogP contribution < -0.4 is 4.74 Å². The SMILES string of the molecule is CC(O)(c1ccc(F)cc1)c1cccc2c1OCC2. The van der Waals surface area contributed by atoms with Crippen LogP contribution in [0.5, 0.6) is 5.75 Å². The van der Waals surface area contributed by atoms with Gasteiger partial charge in [0.15, 0.2) is 0 Å². The number of para-hydroxylation sites is 1. The van der Waals surface area contributed by atoms with Gasteiger partial charge in [-0.15, -0.1) is 0 Å². The van der Waals surface area contributed by atoms with Gasteiger partial charge in [-0.2, -0.15) is 0 Å². The van der Waals surface area contributed by atoms with Gasteiger partial charge >= 0.3 is 0 Å². The average molecular weight is 258 g/mol. The Balaban J connectivity index is 2.10. The Morgan fingerprint density at radius 1 is 1.16 bits per heavy atom. The lowest BCUT2D eigenvalue weighted by Crippen LogP contribution is -2.23. The number of benzene rings is 2. The minimum Gasteiger partial charge on any atom is -0.493 e. The molecule has 0 bridgehead atoms. The van der Waals surface area contributed by atoms with Crippen molar-refractivity contribution in [3.05, 3.63) is 65.0 Å². The molecule has 1 aliphatic heterocycles. The lowest BCUT2D eigenvalue weighted by molar-refractivity contribution is 0.0987. The molecule has 0 radical (unpaired) electrons. The van der Waals surface area contributed by atoms with E-state index in [4.69, 9.17) is 4.74 Å². The van der Waals surface area contributed by atoms with Gasteiger partial charge in [0.1, 0.15) is 17.2 Å². The molecule has 2 aromatic rings. The van der Waals surface area contributed by atoms with Gasteiger partial charge in [0.2, 0.25) is 0 Å². The molecule has 1 atom stereocenters. The monoisotopic (exact) mass is 258 g/mol. The summed E-state index contributed by atoms with van der Waals surface area (Å²) >= 11 is 0. The number of rotatable bonds is 2. The van der Waals surface area contributed by atoms with Gasteiger partial charge in [0, 0.05) is 12.0 Å². The average Bonchev–Trinajstić information content (AvgIpc) is 2.87. The molecular formula is C16H15FO2. The second-order valence-electron chi connectivity index (χ2n) is 4.97. The molecule has 98 valence electrons. The molecule has 0 spiro atoms. The second kappa shape index (κ2) is 4.35. The van der Waals surface area contributed by atoms with Gasteiger partial charge < -0.3 is 9.84 Å². The summed E-state index contributed by atoms with van der Waals surface area (Å²) in [6, 6.07) is 11.7. The van der Waals surface area contributed by atoms with E-state index in [2.05, 4.69) is 0 Å². The third-order valence-corrected chi connectivity index (χ3v) is 3.65. The first kappa shape index (κ1) is 12.2. The van der Waals surface area contributed by atoms with E-state index in [0.29, 0.717) is 12.2 Å². The van der Waals surface area contributed by atoms with Crippen LogP contribution in [0.4, 0.5) is 4.39 Å². The number of hydrogen-bond donors (Lipinski definition) is 1. The third kappa shape index (κ3) is 2.00. The van der Waals surface area contributed by atoms with Crippen molar-refractivity contribution in [3.63, 3.8) is 0 Å². The molecular weight excluding hydrogens is 243 g/mol. The van der Waals surface area contributed by atoms with E-state index in [9.17, 15) is 9.50 Å². The van der Waals surface area contributed by atoms with Crippen LogP contribution in [0, 0.1) is 5.82 Å². The topological polar surface area (TPSA) is 29.5 Å². The van der Waals surface area contributed by atoms with Crippen molar-refractivity contribution in [3.8, 4) is 5.75 Å². The predicted octanol–water partition coefficient (Wildman–Crippen LogP) is 3.02. The molecule has 2 nitrogen and oxygen atoms in total. The molecule has 1 heterocycles. The molecule has 3 heteroatoms.